The molecule has 0 aliphatic carbocycles. The van der Waals surface area contributed by atoms with Gasteiger partial charge in [0, 0.05) is 6.07 Å². The molecule has 0 radical (unpaired) electrons. The SMILES string of the molecule is Cc1cccc(Cn2nccc2NC(=O)CCOc2ccc(F)cc2)c1. The first kappa shape index (κ1) is 17.7. The average Bonchev–Trinajstić information content (AvgIpc) is 3.03. The van der Waals surface area contributed by atoms with Gasteiger partial charge in [-0.25, -0.2) is 9.07 Å². The smallest absolute Gasteiger partial charge is 0.228 e. The van der Waals surface area contributed by atoms with Crippen LogP contribution in [-0.2, 0) is 11.3 Å². The Morgan fingerprint density at radius 1 is 1.19 bits per heavy atom. The summed E-state index contributed by atoms with van der Waals surface area (Å²) >= 11 is 0. The molecule has 26 heavy (non-hydrogen) atoms. The number of aryl methyl sites for hydroxylation is 1. The molecule has 0 saturated heterocycles. The lowest BCUT2D eigenvalue weighted by Crippen LogP contribution is -2.18. The van der Waals surface area contributed by atoms with Crippen LogP contribution in [0.3, 0.4) is 0 Å². The maximum absolute atomic E-state index is 12.8. The zero-order chi connectivity index (χ0) is 18.4. The van der Waals surface area contributed by atoms with E-state index in [1.165, 1.54) is 29.8 Å². The molecule has 0 unspecified atom stereocenters. The van der Waals surface area contributed by atoms with Crippen LogP contribution in [0.25, 0.3) is 0 Å². The van der Waals surface area contributed by atoms with Crippen LogP contribution in [0.4, 0.5) is 10.2 Å². The summed E-state index contributed by atoms with van der Waals surface area (Å²) < 4.78 is 20.0. The van der Waals surface area contributed by atoms with Crippen LogP contribution < -0.4 is 10.1 Å². The Morgan fingerprint density at radius 2 is 2.00 bits per heavy atom. The highest BCUT2D eigenvalue weighted by atomic mass is 19.1. The standard InChI is InChI=1S/C20H20FN3O2/c1-15-3-2-4-16(13-15)14-24-19(9-11-22-24)23-20(25)10-12-26-18-7-5-17(21)6-8-18/h2-9,11,13H,10,12,14H2,1H3,(H,23,25). The molecule has 1 N–H and O–H groups in total. The van der Waals surface area contributed by atoms with Crippen LogP contribution in [0, 0.1) is 12.7 Å². The topological polar surface area (TPSA) is 56.2 Å². The Morgan fingerprint density at radius 3 is 2.77 bits per heavy atom. The van der Waals surface area contributed by atoms with E-state index in [-0.39, 0.29) is 24.8 Å². The van der Waals surface area contributed by atoms with Gasteiger partial charge in [0.05, 0.1) is 25.8 Å². The molecule has 0 aliphatic heterocycles. The van der Waals surface area contributed by atoms with Crippen LogP contribution >= 0.6 is 0 Å². The van der Waals surface area contributed by atoms with Crippen molar-refractivity contribution in [3.05, 3.63) is 77.7 Å². The summed E-state index contributed by atoms with van der Waals surface area (Å²) in [5, 5.41) is 7.11. The largest absolute Gasteiger partial charge is 0.493 e. The highest BCUT2D eigenvalue weighted by molar-refractivity contribution is 5.89. The van der Waals surface area contributed by atoms with Crippen LogP contribution in [0.2, 0.25) is 0 Å². The van der Waals surface area contributed by atoms with Crippen LogP contribution in [0.1, 0.15) is 17.5 Å². The van der Waals surface area contributed by atoms with Gasteiger partial charge in [0.15, 0.2) is 0 Å². The van der Waals surface area contributed by atoms with Gasteiger partial charge >= 0.3 is 0 Å². The number of halogens is 1. The van der Waals surface area contributed by atoms with Crippen molar-refractivity contribution in [1.82, 2.24) is 9.78 Å². The lowest BCUT2D eigenvalue weighted by molar-refractivity contribution is -0.116. The van der Waals surface area contributed by atoms with E-state index in [1.54, 1.807) is 16.9 Å². The molecule has 0 fully saturated rings. The molecule has 0 atom stereocenters. The zero-order valence-corrected chi connectivity index (χ0v) is 14.5. The van der Waals surface area contributed by atoms with Crippen molar-refractivity contribution < 1.29 is 13.9 Å². The number of carbonyl (C=O) groups is 1. The first-order valence-corrected chi connectivity index (χ1v) is 8.36. The predicted octanol–water partition coefficient (Wildman–Crippen LogP) is 3.79. The summed E-state index contributed by atoms with van der Waals surface area (Å²) in [7, 11) is 0. The van der Waals surface area contributed by atoms with Gasteiger partial charge in [0.2, 0.25) is 5.91 Å². The number of hydrogen-bond acceptors (Lipinski definition) is 3. The van der Waals surface area contributed by atoms with E-state index in [0.29, 0.717) is 18.1 Å². The summed E-state index contributed by atoms with van der Waals surface area (Å²) in [5.41, 5.74) is 2.29. The number of amides is 1. The second kappa shape index (κ2) is 8.29. The lowest BCUT2D eigenvalue weighted by atomic mass is 10.1. The van der Waals surface area contributed by atoms with Gasteiger partial charge < -0.3 is 10.1 Å². The van der Waals surface area contributed by atoms with Gasteiger partial charge in [0.25, 0.3) is 0 Å². The highest BCUT2D eigenvalue weighted by Crippen LogP contribution is 2.13. The van der Waals surface area contributed by atoms with E-state index in [2.05, 4.69) is 16.5 Å². The second-order valence-corrected chi connectivity index (χ2v) is 5.96. The fourth-order valence-electron chi connectivity index (χ4n) is 2.55. The Hall–Kier alpha value is -3.15. The van der Waals surface area contributed by atoms with E-state index in [9.17, 15) is 9.18 Å². The van der Waals surface area contributed by atoms with Crippen molar-refractivity contribution in [3.63, 3.8) is 0 Å². The van der Waals surface area contributed by atoms with Crippen molar-refractivity contribution in [2.24, 2.45) is 0 Å². The fraction of sp³-hybridized carbons (Fsp3) is 0.200. The fourth-order valence-corrected chi connectivity index (χ4v) is 2.55. The number of nitrogens with one attached hydrogen (secondary N) is 1. The Balaban J connectivity index is 1.51. The monoisotopic (exact) mass is 353 g/mol. The Labute approximate surface area is 151 Å². The van der Waals surface area contributed by atoms with Gasteiger partial charge in [-0.1, -0.05) is 29.8 Å². The first-order valence-electron chi connectivity index (χ1n) is 8.36. The van der Waals surface area contributed by atoms with E-state index in [4.69, 9.17) is 4.74 Å². The van der Waals surface area contributed by atoms with Crippen molar-refractivity contribution in [3.8, 4) is 5.75 Å². The maximum atomic E-state index is 12.8. The third-order valence-corrected chi connectivity index (χ3v) is 3.81. The number of benzene rings is 2. The highest BCUT2D eigenvalue weighted by Gasteiger charge is 2.08. The molecule has 1 heterocycles. The molecule has 5 nitrogen and oxygen atoms in total. The molecule has 0 bridgehead atoms. The molecular weight excluding hydrogens is 333 g/mol. The minimum absolute atomic E-state index is 0.168. The number of nitrogens with zero attached hydrogens (tertiary/aromatic N) is 2. The van der Waals surface area contributed by atoms with Gasteiger partial charge in [-0.3, -0.25) is 4.79 Å². The maximum Gasteiger partial charge on any atom is 0.228 e. The Kier molecular flexibility index (Phi) is 5.63. The zero-order valence-electron chi connectivity index (χ0n) is 14.5. The number of anilines is 1. The molecule has 1 aromatic heterocycles. The molecule has 2 aromatic carbocycles. The van der Waals surface area contributed by atoms with Crippen LogP contribution in [-0.4, -0.2) is 22.3 Å². The molecule has 3 rings (SSSR count). The van der Waals surface area contributed by atoms with Gasteiger partial charge in [-0.05, 0) is 36.8 Å². The van der Waals surface area contributed by atoms with E-state index in [1.807, 2.05) is 25.1 Å². The minimum atomic E-state index is -0.322. The summed E-state index contributed by atoms with van der Waals surface area (Å²) in [6, 6.07) is 15.6. The third-order valence-electron chi connectivity index (χ3n) is 3.81. The quantitative estimate of drug-likeness (QED) is 0.703. The van der Waals surface area contributed by atoms with E-state index < -0.39 is 0 Å². The minimum Gasteiger partial charge on any atom is -0.493 e. The summed E-state index contributed by atoms with van der Waals surface area (Å²) in [4.78, 5) is 12.1. The molecule has 0 aliphatic rings. The second-order valence-electron chi connectivity index (χ2n) is 5.96. The van der Waals surface area contributed by atoms with Gasteiger partial charge in [-0.2, -0.15) is 5.10 Å². The number of ether oxygens (including phenoxy) is 1. The van der Waals surface area contributed by atoms with E-state index >= 15 is 0 Å². The van der Waals surface area contributed by atoms with Gasteiger partial charge in [0.1, 0.15) is 17.4 Å². The van der Waals surface area contributed by atoms with Crippen molar-refractivity contribution in [2.45, 2.75) is 19.9 Å². The number of hydrogen-bond donors (Lipinski definition) is 1. The predicted molar refractivity (Wildman–Crippen MR) is 97.6 cm³/mol. The summed E-state index contributed by atoms with van der Waals surface area (Å²) in [6.45, 7) is 2.83. The molecule has 1 amide bonds. The average molecular weight is 353 g/mol. The molecule has 0 spiro atoms. The summed E-state index contributed by atoms with van der Waals surface area (Å²) in [6.07, 6.45) is 1.84. The Bertz CT molecular complexity index is 875. The molecule has 3 aromatic rings. The van der Waals surface area contributed by atoms with Gasteiger partial charge in [-0.15, -0.1) is 0 Å². The van der Waals surface area contributed by atoms with Crippen molar-refractivity contribution >= 4 is 11.7 Å². The molecule has 134 valence electrons. The van der Waals surface area contributed by atoms with Crippen LogP contribution in [0.5, 0.6) is 5.75 Å². The van der Waals surface area contributed by atoms with Crippen LogP contribution in [0.15, 0.2) is 60.8 Å². The third kappa shape index (κ3) is 4.92. The summed E-state index contributed by atoms with van der Waals surface area (Å²) in [5.74, 6) is 0.678. The van der Waals surface area contributed by atoms with E-state index in [0.717, 1.165) is 5.56 Å². The normalized spacial score (nSPS) is 10.5. The molecule has 0 saturated carbocycles. The number of rotatable bonds is 7. The lowest BCUT2D eigenvalue weighted by Gasteiger charge is -2.10. The van der Waals surface area contributed by atoms with Crippen molar-refractivity contribution in [2.75, 3.05) is 11.9 Å². The first-order chi connectivity index (χ1) is 12.6. The number of aromatic nitrogens is 2. The molecular formula is C20H20FN3O2. The number of carbonyl (C=O) groups excluding carboxylic acids is 1. The van der Waals surface area contributed by atoms with Crippen molar-refractivity contribution in [1.29, 1.82) is 0 Å². The molecule has 6 heteroatoms.